The fraction of sp³-hybridized carbons (Fsp3) is 0. The SMILES string of the molecule is c1ccc(-n2c3ccc(-n4c5ccncc5c5cnccc54)cc3c3cc(-n4c5ccncc5c5cnccc54)cc(-n4c5ccncc5c5cnccc54)c32)cc1. The average Bonchev–Trinajstić information content (AvgIpc) is 4.01. The van der Waals surface area contributed by atoms with E-state index in [2.05, 4.69) is 145 Å². The first-order chi connectivity index (χ1) is 28.8. The molecule has 10 heteroatoms. The lowest BCUT2D eigenvalue weighted by atomic mass is 10.1. The summed E-state index contributed by atoms with van der Waals surface area (Å²) in [6.07, 6.45) is 22.8. The number of nitrogens with zero attached hydrogens (tertiary/aromatic N) is 10. The molecule has 0 fully saturated rings. The molecule has 0 unspecified atom stereocenters. The molecule has 10 heterocycles. The van der Waals surface area contributed by atoms with Gasteiger partial charge in [-0.25, -0.2) is 0 Å². The summed E-state index contributed by atoms with van der Waals surface area (Å²) in [7, 11) is 0. The van der Waals surface area contributed by atoms with Crippen molar-refractivity contribution in [2.75, 3.05) is 0 Å². The molecule has 0 amide bonds. The van der Waals surface area contributed by atoms with Crippen molar-refractivity contribution >= 4 is 87.2 Å². The van der Waals surface area contributed by atoms with E-state index in [1.54, 1.807) is 0 Å². The van der Waals surface area contributed by atoms with Gasteiger partial charge in [0.25, 0.3) is 0 Å². The molecule has 0 saturated carbocycles. The summed E-state index contributed by atoms with van der Waals surface area (Å²) in [5.41, 5.74) is 12.7. The van der Waals surface area contributed by atoms with Crippen molar-refractivity contribution < 1.29 is 0 Å². The highest BCUT2D eigenvalue weighted by Gasteiger charge is 2.24. The lowest BCUT2D eigenvalue weighted by Gasteiger charge is -2.17. The van der Waals surface area contributed by atoms with Gasteiger partial charge in [0.05, 0.1) is 49.8 Å². The number of rotatable bonds is 4. The number of pyridine rings is 6. The molecule has 13 rings (SSSR count). The fourth-order valence-corrected chi connectivity index (χ4v) is 9.33. The van der Waals surface area contributed by atoms with Crippen LogP contribution in [0, 0.1) is 0 Å². The van der Waals surface area contributed by atoms with E-state index in [-0.39, 0.29) is 0 Å². The zero-order chi connectivity index (χ0) is 37.9. The number of hydrogen-bond donors (Lipinski definition) is 0. The van der Waals surface area contributed by atoms with E-state index in [0.717, 1.165) is 110 Å². The predicted molar refractivity (Wildman–Crippen MR) is 231 cm³/mol. The minimum atomic E-state index is 1.02. The van der Waals surface area contributed by atoms with Crippen molar-refractivity contribution in [2.24, 2.45) is 0 Å². The van der Waals surface area contributed by atoms with Gasteiger partial charge in [0.1, 0.15) is 0 Å². The monoisotopic (exact) mass is 744 g/mol. The Kier molecular flexibility index (Phi) is 6.22. The number of fused-ring (bicyclic) bond motifs is 12. The van der Waals surface area contributed by atoms with Crippen molar-refractivity contribution in [1.82, 2.24) is 48.2 Å². The molecule has 0 radical (unpaired) electrons. The first kappa shape index (κ1) is 31.0. The Morgan fingerprint density at radius 1 is 0.276 bits per heavy atom. The third kappa shape index (κ3) is 4.14. The number of aromatic nitrogens is 10. The van der Waals surface area contributed by atoms with Gasteiger partial charge in [0.15, 0.2) is 0 Å². The summed E-state index contributed by atoms with van der Waals surface area (Å²) < 4.78 is 9.45. The maximum absolute atomic E-state index is 4.56. The number of hydrogen-bond acceptors (Lipinski definition) is 6. The Bertz CT molecular complexity index is 3650. The molecule has 0 aliphatic rings. The minimum Gasteiger partial charge on any atom is -0.309 e. The summed E-state index contributed by atoms with van der Waals surface area (Å²) in [5.74, 6) is 0. The molecule has 3 aromatic carbocycles. The molecule has 0 N–H and O–H groups in total. The summed E-state index contributed by atoms with van der Waals surface area (Å²) in [5, 5.41) is 8.52. The zero-order valence-corrected chi connectivity index (χ0v) is 30.6. The smallest absolute Gasteiger partial charge is 0.0784 e. The summed E-state index contributed by atoms with van der Waals surface area (Å²) >= 11 is 0. The fourth-order valence-electron chi connectivity index (χ4n) is 9.33. The normalized spacial score (nSPS) is 12.1. The van der Waals surface area contributed by atoms with Crippen LogP contribution in [0.3, 0.4) is 0 Å². The van der Waals surface area contributed by atoms with Crippen LogP contribution in [0.15, 0.2) is 171 Å². The van der Waals surface area contributed by atoms with Crippen molar-refractivity contribution in [3.05, 3.63) is 171 Å². The topological polar surface area (TPSA) is 97.1 Å². The van der Waals surface area contributed by atoms with Crippen molar-refractivity contribution in [3.63, 3.8) is 0 Å². The number of para-hydroxylation sites is 1. The van der Waals surface area contributed by atoms with Gasteiger partial charge in [-0.15, -0.1) is 0 Å². The van der Waals surface area contributed by atoms with E-state index < -0.39 is 0 Å². The minimum absolute atomic E-state index is 1.02. The quantitative estimate of drug-likeness (QED) is 0.178. The standard InChI is InChI=1S/C48H28N10/c1-2-4-29(5-3-1)57-40-7-6-30(55-41-8-14-49-23-34(41)35-24-50-15-9-42(35)55)20-32(40)33-21-31(56-43-10-16-51-25-36(43)37-26-52-17-11-44(37)56)22-47(48(33)57)58-45-12-18-53-27-38(45)39-28-54-19-13-46(39)58/h1-28H. The molecule has 0 aliphatic heterocycles. The Morgan fingerprint density at radius 3 is 1.14 bits per heavy atom. The molecule has 270 valence electrons. The lowest BCUT2D eigenvalue weighted by molar-refractivity contribution is 1.11. The van der Waals surface area contributed by atoms with Crippen LogP contribution in [0.2, 0.25) is 0 Å². The van der Waals surface area contributed by atoms with Crippen LogP contribution in [-0.4, -0.2) is 48.2 Å². The first-order valence-electron chi connectivity index (χ1n) is 19.0. The second-order valence-corrected chi connectivity index (χ2v) is 14.6. The van der Waals surface area contributed by atoms with Gasteiger partial charge in [-0.05, 0) is 78.9 Å². The van der Waals surface area contributed by atoms with Crippen molar-refractivity contribution in [3.8, 4) is 22.7 Å². The first-order valence-corrected chi connectivity index (χ1v) is 19.0. The number of benzene rings is 3. The largest absolute Gasteiger partial charge is 0.309 e. The summed E-state index contributed by atoms with van der Waals surface area (Å²) in [4.78, 5) is 27.2. The second-order valence-electron chi connectivity index (χ2n) is 14.6. The van der Waals surface area contributed by atoms with Crippen LogP contribution in [-0.2, 0) is 0 Å². The van der Waals surface area contributed by atoms with Crippen LogP contribution in [0.4, 0.5) is 0 Å². The Labute approximate surface area is 328 Å². The molecular formula is C48H28N10. The van der Waals surface area contributed by atoms with Gasteiger partial charge in [0, 0.05) is 135 Å². The van der Waals surface area contributed by atoms with Crippen molar-refractivity contribution in [2.45, 2.75) is 0 Å². The van der Waals surface area contributed by atoms with Crippen LogP contribution < -0.4 is 0 Å². The Balaban J connectivity index is 1.24. The molecule has 0 saturated heterocycles. The van der Waals surface area contributed by atoms with E-state index >= 15 is 0 Å². The van der Waals surface area contributed by atoms with Gasteiger partial charge >= 0.3 is 0 Å². The third-order valence-electron chi connectivity index (χ3n) is 11.7. The maximum Gasteiger partial charge on any atom is 0.0784 e. The molecule has 13 aromatic rings. The van der Waals surface area contributed by atoms with E-state index in [0.29, 0.717) is 0 Å². The van der Waals surface area contributed by atoms with E-state index in [4.69, 9.17) is 0 Å². The summed E-state index contributed by atoms with van der Waals surface area (Å²) in [6, 6.07) is 34.7. The van der Waals surface area contributed by atoms with Crippen LogP contribution in [0.1, 0.15) is 0 Å². The third-order valence-corrected chi connectivity index (χ3v) is 11.7. The van der Waals surface area contributed by atoms with Gasteiger partial charge in [0.2, 0.25) is 0 Å². The highest BCUT2D eigenvalue weighted by Crippen LogP contribution is 2.43. The summed E-state index contributed by atoms with van der Waals surface area (Å²) in [6.45, 7) is 0. The second kappa shape index (κ2) is 11.6. The molecule has 0 bridgehead atoms. The maximum atomic E-state index is 4.56. The van der Waals surface area contributed by atoms with E-state index in [1.807, 2.05) is 74.4 Å². The van der Waals surface area contributed by atoms with Gasteiger partial charge in [-0.1, -0.05) is 18.2 Å². The van der Waals surface area contributed by atoms with E-state index in [1.165, 1.54) is 0 Å². The average molecular weight is 745 g/mol. The highest BCUT2D eigenvalue weighted by molar-refractivity contribution is 6.17. The van der Waals surface area contributed by atoms with Gasteiger partial charge in [-0.3, -0.25) is 29.9 Å². The molecule has 10 nitrogen and oxygen atoms in total. The van der Waals surface area contributed by atoms with Crippen LogP contribution >= 0.6 is 0 Å². The van der Waals surface area contributed by atoms with Gasteiger partial charge in [-0.2, -0.15) is 0 Å². The molecule has 0 spiro atoms. The van der Waals surface area contributed by atoms with Crippen molar-refractivity contribution in [1.29, 1.82) is 0 Å². The van der Waals surface area contributed by atoms with Gasteiger partial charge < -0.3 is 18.3 Å². The zero-order valence-electron chi connectivity index (χ0n) is 30.6. The Hall–Kier alpha value is -8.24. The van der Waals surface area contributed by atoms with Crippen LogP contribution in [0.5, 0.6) is 0 Å². The molecule has 58 heavy (non-hydrogen) atoms. The molecular weight excluding hydrogens is 717 g/mol. The molecule has 0 aliphatic carbocycles. The lowest BCUT2D eigenvalue weighted by Crippen LogP contribution is -2.03. The Morgan fingerprint density at radius 2 is 0.672 bits per heavy atom. The molecule has 0 atom stereocenters. The highest BCUT2D eigenvalue weighted by atomic mass is 15.1. The van der Waals surface area contributed by atoms with Crippen LogP contribution in [0.25, 0.3) is 110 Å². The predicted octanol–water partition coefficient (Wildman–Crippen LogP) is 10.4. The van der Waals surface area contributed by atoms with E-state index in [9.17, 15) is 0 Å². The molecule has 10 aromatic heterocycles.